The fourth-order valence-electron chi connectivity index (χ4n) is 2.23. The molecule has 0 bridgehead atoms. The smallest absolute Gasteiger partial charge is 0.190 e. The number of aliphatic imine (C=N–C) groups is 1. The molecule has 0 aliphatic heterocycles. The van der Waals surface area contributed by atoms with E-state index < -0.39 is 0 Å². The van der Waals surface area contributed by atoms with Gasteiger partial charge in [0.05, 0.1) is 6.61 Å². The second-order valence-corrected chi connectivity index (χ2v) is 5.51. The van der Waals surface area contributed by atoms with E-state index in [1.54, 1.807) is 25.4 Å². The number of hydrogen-bond acceptors (Lipinski definition) is 3. The van der Waals surface area contributed by atoms with E-state index in [9.17, 15) is 4.39 Å². The van der Waals surface area contributed by atoms with E-state index in [-0.39, 0.29) is 29.8 Å². The normalized spacial score (nSPS) is 10.8. The molecule has 0 fully saturated rings. The predicted octanol–water partition coefficient (Wildman–Crippen LogP) is 3.41. The summed E-state index contributed by atoms with van der Waals surface area (Å²) in [7, 11) is 1.76. The highest BCUT2D eigenvalue weighted by atomic mass is 127. The van der Waals surface area contributed by atoms with Gasteiger partial charge in [0, 0.05) is 38.4 Å². The molecule has 0 spiro atoms. The molecule has 0 amide bonds. The van der Waals surface area contributed by atoms with E-state index >= 15 is 0 Å². The Balaban J connectivity index is 0.00000338. The highest BCUT2D eigenvalue weighted by molar-refractivity contribution is 14.0. The molecule has 0 aliphatic rings. The highest BCUT2D eigenvalue weighted by Gasteiger charge is 1.99. The fraction of sp³-hybridized carbons (Fsp3) is 0.368. The van der Waals surface area contributed by atoms with Crippen LogP contribution in [0.5, 0.6) is 5.75 Å². The third-order valence-corrected chi connectivity index (χ3v) is 3.57. The Hall–Kier alpha value is -1.90. The van der Waals surface area contributed by atoms with Crippen LogP contribution in [0.4, 0.5) is 4.39 Å². The van der Waals surface area contributed by atoms with Crippen LogP contribution in [-0.4, -0.2) is 37.7 Å². The van der Waals surface area contributed by atoms with Crippen LogP contribution in [0.2, 0.25) is 0 Å². The number of nitrogens with one attached hydrogen (secondary N) is 2. The molecule has 7 heteroatoms. The van der Waals surface area contributed by atoms with E-state index in [4.69, 9.17) is 4.74 Å². The van der Waals surface area contributed by atoms with E-state index in [2.05, 4.69) is 20.6 Å². The van der Waals surface area contributed by atoms with Crippen LogP contribution in [0.1, 0.15) is 18.5 Å². The number of guanidine groups is 1. The minimum atomic E-state index is -0.251. The van der Waals surface area contributed by atoms with Crippen LogP contribution < -0.4 is 15.4 Å². The van der Waals surface area contributed by atoms with Crippen molar-refractivity contribution in [1.29, 1.82) is 0 Å². The standard InChI is InChI=1S/C19H25FN4O.HI/c1-21-19(24-14-11-17-6-2-3-12-22-17)23-13-4-5-15-25-18-9-7-16(20)8-10-18;/h2-3,6-10,12H,4-5,11,13-15H2,1H3,(H2,21,23,24);1H. The number of benzene rings is 1. The largest absolute Gasteiger partial charge is 0.494 e. The SMILES string of the molecule is CN=C(NCCCCOc1ccc(F)cc1)NCCc1ccccn1.I. The van der Waals surface area contributed by atoms with Gasteiger partial charge >= 0.3 is 0 Å². The highest BCUT2D eigenvalue weighted by Crippen LogP contribution is 2.11. The van der Waals surface area contributed by atoms with E-state index in [0.717, 1.165) is 44.0 Å². The number of aromatic nitrogens is 1. The number of pyridine rings is 1. The Morgan fingerprint density at radius 1 is 1.08 bits per heavy atom. The van der Waals surface area contributed by atoms with Crippen LogP contribution in [-0.2, 0) is 6.42 Å². The van der Waals surface area contributed by atoms with Crippen molar-refractivity contribution < 1.29 is 9.13 Å². The first kappa shape index (κ1) is 22.1. The molecule has 0 saturated heterocycles. The van der Waals surface area contributed by atoms with Gasteiger partial charge in [0.25, 0.3) is 0 Å². The Morgan fingerprint density at radius 2 is 1.85 bits per heavy atom. The maximum atomic E-state index is 12.8. The molecule has 0 atom stereocenters. The van der Waals surface area contributed by atoms with Crippen molar-refractivity contribution in [2.75, 3.05) is 26.7 Å². The number of halogens is 2. The van der Waals surface area contributed by atoms with Crippen LogP contribution >= 0.6 is 24.0 Å². The summed E-state index contributed by atoms with van der Waals surface area (Å²) in [5.41, 5.74) is 1.06. The van der Waals surface area contributed by atoms with Crippen molar-refractivity contribution in [2.24, 2.45) is 4.99 Å². The van der Waals surface area contributed by atoms with Crippen LogP contribution in [0, 0.1) is 5.82 Å². The lowest BCUT2D eigenvalue weighted by Crippen LogP contribution is -2.38. The average Bonchev–Trinajstić information content (AvgIpc) is 2.65. The first-order valence-electron chi connectivity index (χ1n) is 8.51. The van der Waals surface area contributed by atoms with Crippen molar-refractivity contribution in [3.63, 3.8) is 0 Å². The van der Waals surface area contributed by atoms with Gasteiger partial charge in [-0.25, -0.2) is 4.39 Å². The van der Waals surface area contributed by atoms with Crippen molar-refractivity contribution in [3.05, 3.63) is 60.2 Å². The van der Waals surface area contributed by atoms with Crippen molar-refractivity contribution in [2.45, 2.75) is 19.3 Å². The summed E-state index contributed by atoms with van der Waals surface area (Å²) in [6.07, 6.45) is 4.53. The van der Waals surface area contributed by atoms with Gasteiger partial charge in [-0.3, -0.25) is 9.98 Å². The third kappa shape index (κ3) is 8.98. The minimum absolute atomic E-state index is 0. The van der Waals surface area contributed by atoms with Gasteiger partial charge in [0.1, 0.15) is 11.6 Å². The third-order valence-electron chi connectivity index (χ3n) is 3.57. The molecule has 0 radical (unpaired) electrons. The lowest BCUT2D eigenvalue weighted by Gasteiger charge is -2.12. The van der Waals surface area contributed by atoms with Gasteiger partial charge in [-0.05, 0) is 49.2 Å². The van der Waals surface area contributed by atoms with Crippen molar-refractivity contribution in [1.82, 2.24) is 15.6 Å². The topological polar surface area (TPSA) is 58.5 Å². The number of hydrogen-bond donors (Lipinski definition) is 2. The van der Waals surface area contributed by atoms with Crippen molar-refractivity contribution >= 4 is 29.9 Å². The molecule has 1 heterocycles. The summed E-state index contributed by atoms with van der Waals surface area (Å²) >= 11 is 0. The van der Waals surface area contributed by atoms with E-state index in [1.807, 2.05) is 18.2 Å². The summed E-state index contributed by atoms with van der Waals surface area (Å²) in [6.45, 7) is 2.21. The molecule has 0 unspecified atom stereocenters. The molecule has 1 aromatic heterocycles. The van der Waals surface area contributed by atoms with Gasteiger partial charge in [0.15, 0.2) is 5.96 Å². The lowest BCUT2D eigenvalue weighted by molar-refractivity contribution is 0.306. The first-order chi connectivity index (χ1) is 12.3. The molecule has 26 heavy (non-hydrogen) atoms. The Labute approximate surface area is 171 Å². The van der Waals surface area contributed by atoms with Gasteiger partial charge in [0.2, 0.25) is 0 Å². The second kappa shape index (κ2) is 13.3. The van der Waals surface area contributed by atoms with Gasteiger partial charge < -0.3 is 15.4 Å². The number of nitrogens with zero attached hydrogens (tertiary/aromatic N) is 2. The predicted molar refractivity (Wildman–Crippen MR) is 114 cm³/mol. The van der Waals surface area contributed by atoms with Gasteiger partial charge in [-0.2, -0.15) is 0 Å². The molecule has 2 aromatic rings. The van der Waals surface area contributed by atoms with Gasteiger partial charge in [-0.1, -0.05) is 6.07 Å². The van der Waals surface area contributed by atoms with E-state index in [1.165, 1.54) is 12.1 Å². The number of rotatable bonds is 9. The summed E-state index contributed by atoms with van der Waals surface area (Å²) in [5.74, 6) is 1.23. The zero-order valence-electron chi connectivity index (χ0n) is 15.0. The quantitative estimate of drug-likeness (QED) is 0.254. The molecular weight excluding hydrogens is 446 g/mol. The Kier molecular flexibility index (Phi) is 11.3. The molecular formula is C19H26FIN4O. The zero-order chi connectivity index (χ0) is 17.7. The van der Waals surface area contributed by atoms with Crippen LogP contribution in [0.3, 0.4) is 0 Å². The second-order valence-electron chi connectivity index (χ2n) is 5.51. The number of ether oxygens (including phenoxy) is 1. The molecule has 1 aromatic carbocycles. The summed E-state index contributed by atoms with van der Waals surface area (Å²) < 4.78 is 18.3. The number of unbranched alkanes of at least 4 members (excludes halogenated alkanes) is 1. The zero-order valence-corrected chi connectivity index (χ0v) is 17.3. The molecule has 0 aliphatic carbocycles. The molecule has 2 N–H and O–H groups in total. The van der Waals surface area contributed by atoms with Crippen molar-refractivity contribution in [3.8, 4) is 5.75 Å². The fourth-order valence-corrected chi connectivity index (χ4v) is 2.23. The molecule has 142 valence electrons. The molecule has 5 nitrogen and oxygen atoms in total. The van der Waals surface area contributed by atoms with E-state index in [0.29, 0.717) is 12.4 Å². The average molecular weight is 472 g/mol. The maximum absolute atomic E-state index is 12.8. The minimum Gasteiger partial charge on any atom is -0.494 e. The lowest BCUT2D eigenvalue weighted by atomic mass is 10.3. The monoisotopic (exact) mass is 472 g/mol. The molecule has 0 saturated carbocycles. The van der Waals surface area contributed by atoms with Gasteiger partial charge in [-0.15, -0.1) is 24.0 Å². The Bertz CT molecular complexity index is 638. The van der Waals surface area contributed by atoms with Crippen LogP contribution in [0.25, 0.3) is 0 Å². The van der Waals surface area contributed by atoms with Crippen LogP contribution in [0.15, 0.2) is 53.7 Å². The summed E-state index contributed by atoms with van der Waals surface area (Å²) in [5, 5.41) is 6.55. The first-order valence-corrected chi connectivity index (χ1v) is 8.51. The summed E-state index contributed by atoms with van der Waals surface area (Å²) in [4.78, 5) is 8.49. The summed E-state index contributed by atoms with van der Waals surface area (Å²) in [6, 6.07) is 12.0. The molecule has 2 rings (SSSR count). The Morgan fingerprint density at radius 3 is 2.54 bits per heavy atom. The maximum Gasteiger partial charge on any atom is 0.190 e.